The predicted molar refractivity (Wildman–Crippen MR) is 157 cm³/mol. The topological polar surface area (TPSA) is 48.7 Å². The Morgan fingerprint density at radius 2 is 1.79 bits per heavy atom. The zero-order chi connectivity index (χ0) is 26.1. The van der Waals surface area contributed by atoms with E-state index in [1.807, 2.05) is 12.3 Å². The number of aromatic nitrogens is 1. The summed E-state index contributed by atoms with van der Waals surface area (Å²) in [6.07, 6.45) is 14.8. The molecule has 5 heteroatoms. The van der Waals surface area contributed by atoms with Crippen LogP contribution in [0.1, 0.15) is 83.4 Å². The van der Waals surface area contributed by atoms with E-state index < -0.39 is 0 Å². The van der Waals surface area contributed by atoms with Gasteiger partial charge >= 0.3 is 0 Å². The Labute approximate surface area is 235 Å². The summed E-state index contributed by atoms with van der Waals surface area (Å²) in [6, 6.07) is 15.0. The summed E-state index contributed by atoms with van der Waals surface area (Å²) in [5.41, 5.74) is 5.83. The van der Waals surface area contributed by atoms with Gasteiger partial charge in [-0.1, -0.05) is 47.5 Å². The van der Waals surface area contributed by atoms with Crippen LogP contribution in [0.2, 0.25) is 0 Å². The Hall–Kier alpha value is -1.98. The minimum atomic E-state index is -0.128. The summed E-state index contributed by atoms with van der Waals surface area (Å²) in [4.78, 5) is 4.77. The molecule has 1 unspecified atom stereocenters. The number of anilines is 1. The Kier molecular flexibility index (Phi) is 6.12. The number of hydrogen-bond donors (Lipinski definition) is 1. The summed E-state index contributed by atoms with van der Waals surface area (Å²) in [5.74, 6) is 2.87. The first-order valence-corrected chi connectivity index (χ1v) is 15.6. The molecule has 1 aliphatic heterocycles. The molecule has 0 amide bonds. The summed E-state index contributed by atoms with van der Waals surface area (Å²) in [7, 11) is 0. The molecule has 1 N–H and O–H groups in total. The van der Waals surface area contributed by atoms with Crippen molar-refractivity contribution >= 4 is 27.3 Å². The molecule has 0 saturated heterocycles. The molecule has 8 atom stereocenters. The number of hydrogen-bond acceptors (Lipinski definition) is 4. The maximum Gasteiger partial charge on any atom is 0.0998 e. The van der Waals surface area contributed by atoms with E-state index >= 15 is 0 Å². The van der Waals surface area contributed by atoms with Crippen LogP contribution in [0.5, 0.6) is 0 Å². The van der Waals surface area contributed by atoms with Crippen molar-refractivity contribution in [2.75, 3.05) is 5.01 Å². The highest BCUT2D eigenvalue weighted by Crippen LogP contribution is 2.66. The second-order valence-corrected chi connectivity index (χ2v) is 14.1. The third-order valence-corrected chi connectivity index (χ3v) is 12.1. The highest BCUT2D eigenvalue weighted by Gasteiger charge is 2.59. The predicted octanol–water partition coefficient (Wildman–Crippen LogP) is 8.09. The number of aliphatic hydroxyl groups is 1. The van der Waals surface area contributed by atoms with E-state index in [-0.39, 0.29) is 12.1 Å². The van der Waals surface area contributed by atoms with Crippen LogP contribution < -0.4 is 5.01 Å². The number of pyridine rings is 1. The van der Waals surface area contributed by atoms with Gasteiger partial charge in [0.1, 0.15) is 0 Å². The standard InChI is InChI=1S/C33H40BrN3O/c1-32-16-14-24(38)19-21(32)6-11-25-26-12-13-28(33(26,2)17-15-27(25)32)30-20-31(29-5-3-4-18-35-29)37(36-30)23-9-7-22(34)8-10-23/h3-10,18,24-28,31,38H,11-17,19-20H2,1-2H3/t24-,25-,26-,27-,28+,31?,32-,33-/m0/s1. The summed E-state index contributed by atoms with van der Waals surface area (Å²) in [6.45, 7) is 5.14. The molecule has 4 aliphatic carbocycles. The minimum Gasteiger partial charge on any atom is -0.393 e. The van der Waals surface area contributed by atoms with E-state index in [9.17, 15) is 5.11 Å². The number of allylic oxidation sites excluding steroid dienone is 1. The van der Waals surface area contributed by atoms with Crippen molar-refractivity contribution in [3.8, 4) is 0 Å². The number of hydrazone groups is 1. The first kappa shape index (κ1) is 25.0. The van der Waals surface area contributed by atoms with E-state index in [0.29, 0.717) is 16.7 Å². The molecular weight excluding hydrogens is 534 g/mol. The number of benzene rings is 1. The Bertz CT molecular complexity index is 1260. The van der Waals surface area contributed by atoms with Crippen LogP contribution in [-0.4, -0.2) is 21.9 Å². The monoisotopic (exact) mass is 573 g/mol. The maximum atomic E-state index is 10.4. The van der Waals surface area contributed by atoms with Gasteiger partial charge in [0.2, 0.25) is 0 Å². The number of nitrogens with zero attached hydrogens (tertiary/aromatic N) is 3. The van der Waals surface area contributed by atoms with Gasteiger partial charge in [0, 0.05) is 28.7 Å². The minimum absolute atomic E-state index is 0.128. The Morgan fingerprint density at radius 1 is 0.947 bits per heavy atom. The van der Waals surface area contributed by atoms with Crippen molar-refractivity contribution in [3.05, 3.63) is 70.5 Å². The molecule has 200 valence electrons. The number of halogens is 1. The largest absolute Gasteiger partial charge is 0.393 e. The smallest absolute Gasteiger partial charge is 0.0998 e. The zero-order valence-electron chi connectivity index (χ0n) is 22.7. The lowest BCUT2D eigenvalue weighted by Gasteiger charge is -2.58. The fourth-order valence-corrected chi connectivity index (χ4v) is 9.83. The Morgan fingerprint density at radius 3 is 2.58 bits per heavy atom. The van der Waals surface area contributed by atoms with Gasteiger partial charge in [-0.05, 0) is 116 Å². The average molecular weight is 575 g/mol. The Balaban J connectivity index is 1.19. The fourth-order valence-electron chi connectivity index (χ4n) is 9.57. The third kappa shape index (κ3) is 3.86. The average Bonchev–Trinajstić information content (AvgIpc) is 3.51. The van der Waals surface area contributed by atoms with Gasteiger partial charge in [0.25, 0.3) is 0 Å². The van der Waals surface area contributed by atoms with Crippen LogP contribution in [0.15, 0.2) is 69.9 Å². The number of aliphatic hydroxyl groups excluding tert-OH is 1. The van der Waals surface area contributed by atoms with E-state index in [2.05, 4.69) is 77.3 Å². The lowest BCUT2D eigenvalue weighted by molar-refractivity contribution is -0.0424. The maximum absolute atomic E-state index is 10.4. The van der Waals surface area contributed by atoms with Gasteiger partial charge in [-0.3, -0.25) is 9.99 Å². The van der Waals surface area contributed by atoms with E-state index in [1.54, 1.807) is 5.57 Å². The molecule has 3 fully saturated rings. The van der Waals surface area contributed by atoms with Gasteiger partial charge in [-0.15, -0.1) is 0 Å². The zero-order valence-corrected chi connectivity index (χ0v) is 24.3. The SMILES string of the molecule is C[C@]12CC[C@H]3[C@@H](CC=C4C[C@@H](O)CC[C@@]43C)[C@@H]1CC[C@@H]2C1=NN(c2ccc(Br)cc2)C(c2ccccn2)C1. The molecule has 1 aromatic heterocycles. The highest BCUT2D eigenvalue weighted by atomic mass is 79.9. The van der Waals surface area contributed by atoms with Crippen molar-refractivity contribution in [2.45, 2.75) is 83.8 Å². The van der Waals surface area contributed by atoms with Gasteiger partial charge in [-0.25, -0.2) is 0 Å². The molecule has 2 heterocycles. The second-order valence-electron chi connectivity index (χ2n) is 13.2. The van der Waals surface area contributed by atoms with Gasteiger partial charge in [0.05, 0.1) is 23.5 Å². The molecule has 38 heavy (non-hydrogen) atoms. The summed E-state index contributed by atoms with van der Waals surface area (Å²) >= 11 is 3.60. The summed E-state index contributed by atoms with van der Waals surface area (Å²) in [5, 5.41) is 18.0. The van der Waals surface area contributed by atoms with Crippen molar-refractivity contribution in [1.29, 1.82) is 0 Å². The van der Waals surface area contributed by atoms with Crippen LogP contribution in [0, 0.1) is 34.5 Å². The van der Waals surface area contributed by atoms with E-state index in [0.717, 1.165) is 59.3 Å². The molecule has 0 bridgehead atoms. The molecule has 0 radical (unpaired) electrons. The van der Waals surface area contributed by atoms with Gasteiger partial charge in [-0.2, -0.15) is 5.10 Å². The normalized spacial score (nSPS) is 40.2. The fraction of sp³-hybridized carbons (Fsp3) is 0.576. The summed E-state index contributed by atoms with van der Waals surface area (Å²) < 4.78 is 1.09. The van der Waals surface area contributed by atoms with Crippen molar-refractivity contribution in [1.82, 2.24) is 4.98 Å². The van der Waals surface area contributed by atoms with E-state index in [4.69, 9.17) is 10.1 Å². The molecular formula is C33H40BrN3O. The molecule has 3 saturated carbocycles. The quantitative estimate of drug-likeness (QED) is 0.377. The highest BCUT2D eigenvalue weighted by molar-refractivity contribution is 9.10. The molecule has 0 spiro atoms. The van der Waals surface area contributed by atoms with Gasteiger partial charge in [0.15, 0.2) is 0 Å². The number of rotatable bonds is 3. The van der Waals surface area contributed by atoms with Crippen molar-refractivity contribution in [3.63, 3.8) is 0 Å². The third-order valence-electron chi connectivity index (χ3n) is 11.5. The molecule has 4 nitrogen and oxygen atoms in total. The lowest BCUT2D eigenvalue weighted by Crippen LogP contribution is -2.51. The number of fused-ring (bicyclic) bond motifs is 5. The molecule has 7 rings (SSSR count). The molecule has 1 aromatic carbocycles. The van der Waals surface area contributed by atoms with E-state index in [1.165, 1.54) is 37.8 Å². The van der Waals surface area contributed by atoms with Crippen LogP contribution in [0.25, 0.3) is 0 Å². The van der Waals surface area contributed by atoms with Crippen LogP contribution in [0.3, 0.4) is 0 Å². The first-order valence-electron chi connectivity index (χ1n) is 14.8. The molecule has 2 aromatic rings. The van der Waals surface area contributed by atoms with Crippen LogP contribution in [0.4, 0.5) is 5.69 Å². The van der Waals surface area contributed by atoms with Crippen LogP contribution >= 0.6 is 15.9 Å². The molecule has 5 aliphatic rings. The first-order chi connectivity index (χ1) is 18.4. The van der Waals surface area contributed by atoms with Crippen molar-refractivity contribution < 1.29 is 5.11 Å². The lowest BCUT2D eigenvalue weighted by atomic mass is 9.47. The second kappa shape index (κ2) is 9.30. The van der Waals surface area contributed by atoms with Crippen molar-refractivity contribution in [2.24, 2.45) is 39.6 Å². The van der Waals surface area contributed by atoms with Crippen LogP contribution in [-0.2, 0) is 0 Å². The van der Waals surface area contributed by atoms with Gasteiger partial charge < -0.3 is 5.11 Å².